The fourth-order valence-electron chi connectivity index (χ4n) is 3.01. The zero-order chi connectivity index (χ0) is 18.4. The molecule has 1 heterocycles. The molecule has 3 rings (SSSR count). The van der Waals surface area contributed by atoms with Crippen molar-refractivity contribution in [3.8, 4) is 5.75 Å². The molecule has 2 aromatic carbocycles. The van der Waals surface area contributed by atoms with Gasteiger partial charge in [0, 0.05) is 24.4 Å². The van der Waals surface area contributed by atoms with Gasteiger partial charge in [-0.25, -0.2) is 0 Å². The minimum Gasteiger partial charge on any atom is -0.491 e. The predicted molar refractivity (Wildman–Crippen MR) is 102 cm³/mol. The van der Waals surface area contributed by atoms with Gasteiger partial charge in [0.15, 0.2) is 0 Å². The number of nitrogens with two attached hydrogens (primary N) is 1. The minimum atomic E-state index is -0.353. The summed E-state index contributed by atoms with van der Waals surface area (Å²) in [6.45, 7) is 3.18. The summed E-state index contributed by atoms with van der Waals surface area (Å²) in [5.74, 6) is 0.254. The lowest BCUT2D eigenvalue weighted by atomic mass is 9.94. The van der Waals surface area contributed by atoms with Crippen molar-refractivity contribution in [2.45, 2.75) is 31.9 Å². The van der Waals surface area contributed by atoms with Crippen LogP contribution in [0.2, 0.25) is 0 Å². The number of carbonyl (C=O) groups excluding carboxylic acids is 1. The van der Waals surface area contributed by atoms with E-state index in [1.54, 1.807) is 0 Å². The third-order valence-corrected chi connectivity index (χ3v) is 4.70. The summed E-state index contributed by atoms with van der Waals surface area (Å²) >= 11 is 0. The van der Waals surface area contributed by atoms with Crippen molar-refractivity contribution < 1.29 is 14.3 Å². The summed E-state index contributed by atoms with van der Waals surface area (Å²) in [6, 6.07) is 16.7. The molecule has 1 saturated heterocycles. The van der Waals surface area contributed by atoms with Gasteiger partial charge >= 0.3 is 0 Å². The molecule has 0 spiro atoms. The molecule has 1 amide bonds. The van der Waals surface area contributed by atoms with Gasteiger partial charge in [-0.3, -0.25) is 4.79 Å². The number of amides is 1. The topological polar surface area (TPSA) is 73.6 Å². The van der Waals surface area contributed by atoms with Crippen molar-refractivity contribution in [1.29, 1.82) is 0 Å². The maximum Gasteiger partial charge on any atom is 0.229 e. The predicted octanol–water partition coefficient (Wildman–Crippen LogP) is 3.52. The van der Waals surface area contributed by atoms with Crippen LogP contribution in [0.3, 0.4) is 0 Å². The third-order valence-electron chi connectivity index (χ3n) is 4.70. The van der Waals surface area contributed by atoms with Gasteiger partial charge in [-0.2, -0.15) is 0 Å². The quantitative estimate of drug-likeness (QED) is 0.798. The number of hydrogen-bond donors (Lipinski definition) is 2. The molecule has 3 atom stereocenters. The highest BCUT2D eigenvalue weighted by Gasteiger charge is 2.22. The molecular formula is C21H26N2O3. The van der Waals surface area contributed by atoms with E-state index in [4.69, 9.17) is 15.2 Å². The summed E-state index contributed by atoms with van der Waals surface area (Å²) in [5, 5.41) is 2.93. The lowest BCUT2D eigenvalue weighted by Crippen LogP contribution is -2.30. The Labute approximate surface area is 154 Å². The number of carbonyl (C=O) groups is 1. The lowest BCUT2D eigenvalue weighted by molar-refractivity contribution is -0.120. The first kappa shape index (κ1) is 18.4. The molecule has 5 heteroatoms. The van der Waals surface area contributed by atoms with Crippen molar-refractivity contribution in [2.75, 3.05) is 18.5 Å². The fourth-order valence-corrected chi connectivity index (χ4v) is 3.01. The Morgan fingerprint density at radius 2 is 2.08 bits per heavy atom. The smallest absolute Gasteiger partial charge is 0.229 e. The van der Waals surface area contributed by atoms with Crippen LogP contribution in [-0.4, -0.2) is 25.2 Å². The summed E-state index contributed by atoms with van der Waals surface area (Å²) in [5.41, 5.74) is 7.89. The van der Waals surface area contributed by atoms with E-state index in [-0.39, 0.29) is 24.0 Å². The highest BCUT2D eigenvalue weighted by atomic mass is 16.5. The van der Waals surface area contributed by atoms with Gasteiger partial charge in [0.05, 0.1) is 12.0 Å². The first-order chi connectivity index (χ1) is 12.6. The number of rotatable bonds is 7. The van der Waals surface area contributed by atoms with Crippen molar-refractivity contribution in [3.05, 3.63) is 60.2 Å². The van der Waals surface area contributed by atoms with Gasteiger partial charge in [-0.15, -0.1) is 0 Å². The van der Waals surface area contributed by atoms with E-state index in [9.17, 15) is 4.79 Å². The highest BCUT2D eigenvalue weighted by Crippen LogP contribution is 2.23. The Morgan fingerprint density at radius 1 is 1.27 bits per heavy atom. The van der Waals surface area contributed by atoms with E-state index in [1.807, 2.05) is 61.5 Å². The standard InChI is InChI=1S/C21H26N2O3/c1-15(20(22)16-7-3-2-4-8-16)21(24)23-17-9-5-10-18(13-17)26-14-19-11-6-12-25-19/h2-5,7-10,13,15,19-20H,6,11-12,14,22H2,1H3,(H,23,24). The molecule has 2 aromatic rings. The van der Waals surface area contributed by atoms with Crippen molar-refractivity contribution >= 4 is 11.6 Å². The van der Waals surface area contributed by atoms with E-state index >= 15 is 0 Å². The van der Waals surface area contributed by atoms with Gasteiger partial charge in [-0.1, -0.05) is 43.3 Å². The van der Waals surface area contributed by atoms with E-state index in [0.717, 1.165) is 30.8 Å². The molecule has 1 fully saturated rings. The number of benzene rings is 2. The number of nitrogens with one attached hydrogen (secondary N) is 1. The van der Waals surface area contributed by atoms with Gasteiger partial charge in [0.1, 0.15) is 12.4 Å². The maximum atomic E-state index is 12.6. The first-order valence-electron chi connectivity index (χ1n) is 9.09. The van der Waals surface area contributed by atoms with Crippen molar-refractivity contribution in [2.24, 2.45) is 11.7 Å². The van der Waals surface area contributed by atoms with Crippen LogP contribution in [0.25, 0.3) is 0 Å². The maximum absolute atomic E-state index is 12.6. The van der Waals surface area contributed by atoms with Crippen LogP contribution in [0.5, 0.6) is 5.75 Å². The SMILES string of the molecule is CC(C(=O)Nc1cccc(OCC2CCCO2)c1)C(N)c1ccccc1. The fraction of sp³-hybridized carbons (Fsp3) is 0.381. The monoisotopic (exact) mass is 354 g/mol. The van der Waals surface area contributed by atoms with Gasteiger partial charge in [0.25, 0.3) is 0 Å². The van der Waals surface area contributed by atoms with Crippen LogP contribution < -0.4 is 15.8 Å². The van der Waals surface area contributed by atoms with Crippen molar-refractivity contribution in [3.63, 3.8) is 0 Å². The van der Waals surface area contributed by atoms with Crippen LogP contribution >= 0.6 is 0 Å². The highest BCUT2D eigenvalue weighted by molar-refractivity contribution is 5.93. The Morgan fingerprint density at radius 3 is 2.81 bits per heavy atom. The molecular weight excluding hydrogens is 328 g/mol. The summed E-state index contributed by atoms with van der Waals surface area (Å²) < 4.78 is 11.3. The zero-order valence-electron chi connectivity index (χ0n) is 15.1. The average molecular weight is 354 g/mol. The van der Waals surface area contributed by atoms with Crippen LogP contribution in [0, 0.1) is 5.92 Å². The summed E-state index contributed by atoms with van der Waals surface area (Å²) in [6.07, 6.45) is 2.28. The molecule has 138 valence electrons. The largest absolute Gasteiger partial charge is 0.491 e. The minimum absolute atomic E-state index is 0.113. The lowest BCUT2D eigenvalue weighted by Gasteiger charge is -2.20. The molecule has 0 saturated carbocycles. The van der Waals surface area contributed by atoms with E-state index in [1.165, 1.54) is 0 Å². The first-order valence-corrected chi connectivity index (χ1v) is 9.09. The molecule has 3 N–H and O–H groups in total. The van der Waals surface area contributed by atoms with Crippen LogP contribution in [0.15, 0.2) is 54.6 Å². The van der Waals surface area contributed by atoms with E-state index in [0.29, 0.717) is 12.3 Å². The summed E-state index contributed by atoms with van der Waals surface area (Å²) in [7, 11) is 0. The molecule has 1 aliphatic heterocycles. The van der Waals surface area contributed by atoms with Crippen LogP contribution in [-0.2, 0) is 9.53 Å². The van der Waals surface area contributed by atoms with Crippen LogP contribution in [0.4, 0.5) is 5.69 Å². The van der Waals surface area contributed by atoms with Gasteiger partial charge < -0.3 is 20.5 Å². The van der Waals surface area contributed by atoms with Gasteiger partial charge in [0.2, 0.25) is 5.91 Å². The molecule has 0 radical (unpaired) electrons. The summed E-state index contributed by atoms with van der Waals surface area (Å²) in [4.78, 5) is 12.6. The molecule has 1 aliphatic rings. The van der Waals surface area contributed by atoms with Crippen LogP contribution in [0.1, 0.15) is 31.4 Å². The second kappa shape index (κ2) is 8.83. The van der Waals surface area contributed by atoms with E-state index < -0.39 is 0 Å². The molecule has 0 aliphatic carbocycles. The van der Waals surface area contributed by atoms with Gasteiger partial charge in [-0.05, 0) is 30.5 Å². The second-order valence-electron chi connectivity index (χ2n) is 6.69. The average Bonchev–Trinajstić information content (AvgIpc) is 3.20. The number of hydrogen-bond acceptors (Lipinski definition) is 4. The third kappa shape index (κ3) is 4.84. The molecule has 5 nitrogen and oxygen atoms in total. The molecule has 3 unspecified atom stereocenters. The number of anilines is 1. The van der Waals surface area contributed by atoms with E-state index in [2.05, 4.69) is 5.32 Å². The molecule has 26 heavy (non-hydrogen) atoms. The number of ether oxygens (including phenoxy) is 2. The Bertz CT molecular complexity index is 714. The zero-order valence-corrected chi connectivity index (χ0v) is 15.1. The Hall–Kier alpha value is -2.37. The normalized spacial score (nSPS) is 18.9. The molecule has 0 aromatic heterocycles. The Kier molecular flexibility index (Phi) is 6.26. The Balaban J connectivity index is 1.57. The second-order valence-corrected chi connectivity index (χ2v) is 6.69. The van der Waals surface area contributed by atoms with Crippen molar-refractivity contribution in [1.82, 2.24) is 0 Å². The molecule has 0 bridgehead atoms.